The van der Waals surface area contributed by atoms with Crippen LogP contribution in [0.15, 0.2) is 30.3 Å². The quantitative estimate of drug-likeness (QED) is 0.698. The highest BCUT2D eigenvalue weighted by molar-refractivity contribution is 5.86. The predicted molar refractivity (Wildman–Crippen MR) is 77.1 cm³/mol. The number of amides is 1. The van der Waals surface area contributed by atoms with Gasteiger partial charge in [0.15, 0.2) is 0 Å². The van der Waals surface area contributed by atoms with Crippen LogP contribution in [0.4, 0.5) is 0 Å². The van der Waals surface area contributed by atoms with Gasteiger partial charge in [-0.1, -0.05) is 44.2 Å². The van der Waals surface area contributed by atoms with Crippen LogP contribution in [0.25, 0.3) is 0 Å². The van der Waals surface area contributed by atoms with E-state index in [1.54, 1.807) is 0 Å². The third-order valence-electron chi connectivity index (χ3n) is 2.96. The summed E-state index contributed by atoms with van der Waals surface area (Å²) in [6.45, 7) is 3.82. The molecule has 4 N–H and O–H groups in total. The van der Waals surface area contributed by atoms with Gasteiger partial charge in [0.1, 0.15) is 6.04 Å². The number of carboxylic acids is 1. The molecule has 0 aromatic heterocycles. The van der Waals surface area contributed by atoms with E-state index in [1.807, 2.05) is 44.2 Å². The van der Waals surface area contributed by atoms with Crippen molar-refractivity contribution < 1.29 is 14.7 Å². The van der Waals surface area contributed by atoms with E-state index in [4.69, 9.17) is 10.8 Å². The topological polar surface area (TPSA) is 92.4 Å². The Morgan fingerprint density at radius 3 is 2.35 bits per heavy atom. The van der Waals surface area contributed by atoms with Gasteiger partial charge in [-0.15, -0.1) is 0 Å². The van der Waals surface area contributed by atoms with E-state index in [2.05, 4.69) is 5.32 Å². The summed E-state index contributed by atoms with van der Waals surface area (Å²) >= 11 is 0. The van der Waals surface area contributed by atoms with Gasteiger partial charge in [0.25, 0.3) is 0 Å². The molecule has 1 unspecified atom stereocenters. The minimum absolute atomic E-state index is 0.182. The number of nitrogens with two attached hydrogens (primary N) is 1. The molecule has 0 bridgehead atoms. The zero-order chi connectivity index (χ0) is 15.1. The summed E-state index contributed by atoms with van der Waals surface area (Å²) in [6, 6.07) is 7.78. The fraction of sp³-hybridized carbons (Fsp3) is 0.467. The summed E-state index contributed by atoms with van der Waals surface area (Å²) in [5.74, 6) is -1.28. The highest BCUT2D eigenvalue weighted by Gasteiger charge is 2.24. The Bertz CT molecular complexity index is 446. The number of carbonyl (C=O) groups is 2. The van der Waals surface area contributed by atoms with E-state index >= 15 is 0 Å². The largest absolute Gasteiger partial charge is 0.480 e. The standard InChI is InChI=1S/C15H22N2O3/c1-10(2)8-13(15(19)20)17-14(18)12(16)9-11-6-4-3-5-7-11/h3-7,10,12-13H,8-9,16H2,1-2H3,(H,17,18)(H,19,20)/t12?,13-/m1/s1. The van der Waals surface area contributed by atoms with Gasteiger partial charge in [-0.05, 0) is 24.3 Å². The van der Waals surface area contributed by atoms with E-state index in [1.165, 1.54) is 0 Å². The van der Waals surface area contributed by atoms with Crippen molar-refractivity contribution in [1.82, 2.24) is 5.32 Å². The molecule has 0 radical (unpaired) electrons. The van der Waals surface area contributed by atoms with E-state index in [0.717, 1.165) is 5.56 Å². The van der Waals surface area contributed by atoms with Crippen LogP contribution in [-0.4, -0.2) is 29.1 Å². The van der Waals surface area contributed by atoms with Crippen molar-refractivity contribution in [2.45, 2.75) is 38.8 Å². The van der Waals surface area contributed by atoms with Crippen LogP contribution in [0.5, 0.6) is 0 Å². The molecule has 110 valence electrons. The average Bonchev–Trinajstić information content (AvgIpc) is 2.38. The minimum atomic E-state index is -1.03. The second-order valence-electron chi connectivity index (χ2n) is 5.33. The number of carboxylic acid groups (broad SMARTS) is 1. The lowest BCUT2D eigenvalue weighted by atomic mass is 10.0. The van der Waals surface area contributed by atoms with Gasteiger partial charge in [0, 0.05) is 0 Å². The van der Waals surface area contributed by atoms with E-state index in [9.17, 15) is 9.59 Å². The highest BCUT2D eigenvalue weighted by Crippen LogP contribution is 2.06. The highest BCUT2D eigenvalue weighted by atomic mass is 16.4. The lowest BCUT2D eigenvalue weighted by molar-refractivity contribution is -0.142. The molecule has 0 saturated carbocycles. The van der Waals surface area contributed by atoms with Crippen molar-refractivity contribution in [3.63, 3.8) is 0 Å². The molecular weight excluding hydrogens is 256 g/mol. The Hall–Kier alpha value is -1.88. The fourth-order valence-corrected chi connectivity index (χ4v) is 1.93. The molecule has 1 rings (SSSR count). The zero-order valence-corrected chi connectivity index (χ0v) is 11.9. The fourth-order valence-electron chi connectivity index (χ4n) is 1.93. The number of carbonyl (C=O) groups excluding carboxylic acids is 1. The summed E-state index contributed by atoms with van der Waals surface area (Å²) in [7, 11) is 0. The first-order valence-corrected chi connectivity index (χ1v) is 6.72. The van der Waals surface area contributed by atoms with Crippen molar-refractivity contribution in [3.8, 4) is 0 Å². The number of nitrogens with one attached hydrogen (secondary N) is 1. The van der Waals surface area contributed by atoms with Gasteiger partial charge < -0.3 is 16.2 Å². The monoisotopic (exact) mass is 278 g/mol. The van der Waals surface area contributed by atoms with Crippen molar-refractivity contribution in [3.05, 3.63) is 35.9 Å². The van der Waals surface area contributed by atoms with Crippen LogP contribution in [0.2, 0.25) is 0 Å². The third-order valence-corrected chi connectivity index (χ3v) is 2.96. The van der Waals surface area contributed by atoms with Gasteiger partial charge in [0.05, 0.1) is 6.04 Å². The summed E-state index contributed by atoms with van der Waals surface area (Å²) in [6.07, 6.45) is 0.778. The number of hydrogen-bond donors (Lipinski definition) is 3. The maximum absolute atomic E-state index is 11.9. The molecule has 0 aliphatic carbocycles. The molecule has 1 amide bonds. The van der Waals surface area contributed by atoms with Crippen molar-refractivity contribution >= 4 is 11.9 Å². The average molecular weight is 278 g/mol. The van der Waals surface area contributed by atoms with Crippen LogP contribution >= 0.6 is 0 Å². The van der Waals surface area contributed by atoms with Crippen LogP contribution in [0.3, 0.4) is 0 Å². The number of benzene rings is 1. The SMILES string of the molecule is CC(C)C[C@@H](NC(=O)C(N)Cc1ccccc1)C(=O)O. The van der Waals surface area contributed by atoms with Gasteiger partial charge >= 0.3 is 5.97 Å². The molecule has 0 aliphatic rings. The molecule has 20 heavy (non-hydrogen) atoms. The molecule has 2 atom stereocenters. The summed E-state index contributed by atoms with van der Waals surface area (Å²) in [4.78, 5) is 23.0. The normalized spacial score (nSPS) is 13.8. The first-order chi connectivity index (χ1) is 9.40. The minimum Gasteiger partial charge on any atom is -0.480 e. The Morgan fingerprint density at radius 1 is 1.25 bits per heavy atom. The molecule has 0 spiro atoms. The van der Waals surface area contributed by atoms with Crippen molar-refractivity contribution in [2.24, 2.45) is 11.7 Å². The lowest BCUT2D eigenvalue weighted by Gasteiger charge is -2.19. The van der Waals surface area contributed by atoms with Gasteiger partial charge in [-0.2, -0.15) is 0 Å². The number of aliphatic carboxylic acids is 1. The smallest absolute Gasteiger partial charge is 0.326 e. The molecule has 5 heteroatoms. The van der Waals surface area contributed by atoms with Crippen LogP contribution < -0.4 is 11.1 Å². The third kappa shape index (κ3) is 5.40. The number of rotatable bonds is 7. The first kappa shape index (κ1) is 16.2. The Kier molecular flexibility index (Phi) is 6.18. The maximum Gasteiger partial charge on any atom is 0.326 e. The first-order valence-electron chi connectivity index (χ1n) is 6.72. The summed E-state index contributed by atoms with van der Waals surface area (Å²) in [5.41, 5.74) is 6.77. The van der Waals surface area contributed by atoms with Crippen molar-refractivity contribution in [2.75, 3.05) is 0 Å². The zero-order valence-electron chi connectivity index (χ0n) is 11.9. The van der Waals surface area contributed by atoms with E-state index in [-0.39, 0.29) is 5.92 Å². The Morgan fingerprint density at radius 2 is 1.85 bits per heavy atom. The van der Waals surface area contributed by atoms with Crippen molar-refractivity contribution in [1.29, 1.82) is 0 Å². The number of hydrogen-bond acceptors (Lipinski definition) is 3. The maximum atomic E-state index is 11.9. The molecule has 0 heterocycles. The summed E-state index contributed by atoms with van der Waals surface area (Å²) in [5, 5.41) is 11.6. The van der Waals surface area contributed by atoms with E-state index in [0.29, 0.717) is 12.8 Å². The molecule has 0 aliphatic heterocycles. The second kappa shape index (κ2) is 7.65. The Balaban J connectivity index is 2.57. The summed E-state index contributed by atoms with van der Waals surface area (Å²) < 4.78 is 0. The van der Waals surface area contributed by atoms with Gasteiger partial charge in [-0.3, -0.25) is 4.79 Å². The predicted octanol–water partition coefficient (Wildman–Crippen LogP) is 1.17. The molecule has 5 nitrogen and oxygen atoms in total. The van der Waals surface area contributed by atoms with Crippen LogP contribution in [0.1, 0.15) is 25.8 Å². The second-order valence-corrected chi connectivity index (χ2v) is 5.33. The van der Waals surface area contributed by atoms with Crippen LogP contribution in [0, 0.1) is 5.92 Å². The lowest BCUT2D eigenvalue weighted by Crippen LogP contribution is -2.49. The van der Waals surface area contributed by atoms with E-state index < -0.39 is 24.0 Å². The van der Waals surface area contributed by atoms with Gasteiger partial charge in [-0.25, -0.2) is 4.79 Å². The van der Waals surface area contributed by atoms with Gasteiger partial charge in [0.2, 0.25) is 5.91 Å². The molecular formula is C15H22N2O3. The molecule has 0 saturated heterocycles. The van der Waals surface area contributed by atoms with Crippen LogP contribution in [-0.2, 0) is 16.0 Å². The molecule has 1 aromatic rings. The molecule has 0 fully saturated rings. The Labute approximate surface area is 119 Å². The molecule has 1 aromatic carbocycles.